The summed E-state index contributed by atoms with van der Waals surface area (Å²) in [4.78, 5) is 44.5. The Kier molecular flexibility index (Phi) is 5.88. The summed E-state index contributed by atoms with van der Waals surface area (Å²) in [5, 5.41) is 3.05. The third-order valence-corrected chi connectivity index (χ3v) is 3.93. The molecule has 1 aromatic rings. The number of anilines is 1. The number of esters is 1. The monoisotopic (exact) mass is 374 g/mol. The fourth-order valence-corrected chi connectivity index (χ4v) is 2.65. The zero-order valence-corrected chi connectivity index (χ0v) is 16.6. The number of ether oxygens (including phenoxy) is 1. The van der Waals surface area contributed by atoms with Crippen molar-refractivity contribution in [2.75, 3.05) is 11.9 Å². The summed E-state index contributed by atoms with van der Waals surface area (Å²) in [7, 11) is 0. The Morgan fingerprint density at radius 3 is 2.52 bits per heavy atom. The molecule has 0 aliphatic carbocycles. The van der Waals surface area contributed by atoms with Crippen molar-refractivity contribution in [3.8, 4) is 0 Å². The number of aryl methyl sites for hydroxylation is 1. The van der Waals surface area contributed by atoms with Crippen LogP contribution in [0, 0.1) is 6.92 Å². The number of rotatable bonds is 4. The van der Waals surface area contributed by atoms with Crippen molar-refractivity contribution < 1.29 is 19.1 Å². The van der Waals surface area contributed by atoms with E-state index in [2.05, 4.69) is 10.3 Å². The summed E-state index contributed by atoms with van der Waals surface area (Å²) in [5.41, 5.74) is 0.737. The van der Waals surface area contributed by atoms with Crippen LogP contribution in [0.1, 0.15) is 40.2 Å². The molecule has 0 radical (unpaired) electrons. The Labute approximate surface area is 159 Å². The lowest BCUT2D eigenvalue weighted by molar-refractivity contribution is -0.156. The van der Waals surface area contributed by atoms with Crippen LogP contribution in [0.2, 0.25) is 0 Å². The maximum atomic E-state index is 12.9. The van der Waals surface area contributed by atoms with Crippen LogP contribution >= 0.6 is 0 Å². The first kappa shape index (κ1) is 20.4. The van der Waals surface area contributed by atoms with E-state index in [1.54, 1.807) is 46.2 Å². The molecule has 0 bridgehead atoms. The van der Waals surface area contributed by atoms with Gasteiger partial charge in [-0.3, -0.25) is 19.5 Å². The number of nitrogens with zero attached hydrogens (tertiary/aromatic N) is 3. The lowest BCUT2D eigenvalue weighted by atomic mass is 10.1. The molecule has 2 amide bonds. The minimum absolute atomic E-state index is 0.0120. The molecule has 0 spiro atoms. The fraction of sp³-hybridized carbons (Fsp3) is 0.474. The minimum atomic E-state index is -1.07. The van der Waals surface area contributed by atoms with E-state index in [0.717, 1.165) is 10.5 Å². The summed E-state index contributed by atoms with van der Waals surface area (Å²) < 4.78 is 5.43. The average molecular weight is 374 g/mol. The number of hydrogen-bond acceptors (Lipinski definition) is 6. The second-order valence-corrected chi connectivity index (χ2v) is 7.27. The predicted octanol–water partition coefficient (Wildman–Crippen LogP) is 2.02. The van der Waals surface area contributed by atoms with Gasteiger partial charge in [-0.05, 0) is 46.2 Å². The van der Waals surface area contributed by atoms with Gasteiger partial charge >= 0.3 is 5.97 Å². The van der Waals surface area contributed by atoms with Gasteiger partial charge < -0.3 is 15.0 Å². The first-order valence-electron chi connectivity index (χ1n) is 8.77. The van der Waals surface area contributed by atoms with Crippen molar-refractivity contribution in [1.82, 2.24) is 14.8 Å². The maximum absolute atomic E-state index is 12.9. The van der Waals surface area contributed by atoms with E-state index in [1.807, 2.05) is 6.92 Å². The van der Waals surface area contributed by atoms with Crippen LogP contribution in [0.5, 0.6) is 0 Å². The summed E-state index contributed by atoms with van der Waals surface area (Å²) in [6.07, 6.45) is 3.50. The molecule has 8 heteroatoms. The van der Waals surface area contributed by atoms with Gasteiger partial charge in [-0.15, -0.1) is 0 Å². The maximum Gasteiger partial charge on any atom is 0.357 e. The number of likely N-dealkylation sites (N-methyl/N-ethyl adjacent to an activating group) is 1. The first-order valence-corrected chi connectivity index (χ1v) is 8.77. The van der Waals surface area contributed by atoms with Crippen molar-refractivity contribution in [2.24, 2.45) is 0 Å². The molecule has 27 heavy (non-hydrogen) atoms. The normalized spacial score (nSPS) is 17.5. The molecule has 8 nitrogen and oxygen atoms in total. The van der Waals surface area contributed by atoms with Crippen LogP contribution in [0.25, 0.3) is 0 Å². The van der Waals surface area contributed by atoms with Crippen LogP contribution in [-0.2, 0) is 19.1 Å². The summed E-state index contributed by atoms with van der Waals surface area (Å²) in [6, 6.07) is 1.79. The van der Waals surface area contributed by atoms with E-state index in [9.17, 15) is 14.4 Å². The number of pyridine rings is 1. The van der Waals surface area contributed by atoms with Crippen molar-refractivity contribution >= 4 is 23.5 Å². The number of aromatic nitrogens is 1. The predicted molar refractivity (Wildman–Crippen MR) is 100 cm³/mol. The Morgan fingerprint density at radius 2 is 2.00 bits per heavy atom. The van der Waals surface area contributed by atoms with Gasteiger partial charge in [0.1, 0.15) is 11.3 Å². The highest BCUT2D eigenvalue weighted by atomic mass is 16.6. The molecule has 0 fully saturated rings. The van der Waals surface area contributed by atoms with E-state index >= 15 is 0 Å². The molecule has 146 valence electrons. The SMILES string of the molecule is CCN1C=C(C(=O)OC(C)(C)C)N(C(C)=O)C(Nc2cnccc2C)C1=O. The van der Waals surface area contributed by atoms with Gasteiger partial charge in [0, 0.05) is 25.9 Å². The highest BCUT2D eigenvalue weighted by Crippen LogP contribution is 2.25. The van der Waals surface area contributed by atoms with Gasteiger partial charge in [0.25, 0.3) is 5.91 Å². The topological polar surface area (TPSA) is 91.8 Å². The minimum Gasteiger partial charge on any atom is -0.455 e. The van der Waals surface area contributed by atoms with E-state index < -0.39 is 23.6 Å². The van der Waals surface area contributed by atoms with Crippen molar-refractivity contribution in [2.45, 2.75) is 53.3 Å². The Hall–Kier alpha value is -2.90. The summed E-state index contributed by atoms with van der Waals surface area (Å²) in [6.45, 7) is 10.5. The lowest BCUT2D eigenvalue weighted by Crippen LogP contribution is -2.57. The van der Waals surface area contributed by atoms with Crippen LogP contribution in [-0.4, -0.2) is 50.9 Å². The van der Waals surface area contributed by atoms with Crippen molar-refractivity contribution in [3.63, 3.8) is 0 Å². The number of carbonyl (C=O) groups is 3. The molecule has 2 heterocycles. The molecule has 1 aromatic heterocycles. The number of carbonyl (C=O) groups excluding carboxylic acids is 3. The standard InChI is InChI=1S/C19H26N4O4/c1-7-22-11-15(18(26)27-19(4,5)6)23(13(3)24)16(17(22)25)21-14-10-20-9-8-12(14)2/h8-11,16,21H,7H2,1-6H3. The molecular formula is C19H26N4O4. The number of hydrogen-bond donors (Lipinski definition) is 1. The van der Waals surface area contributed by atoms with Crippen LogP contribution < -0.4 is 5.32 Å². The molecule has 2 rings (SSSR count). The molecule has 0 saturated carbocycles. The second-order valence-electron chi connectivity index (χ2n) is 7.27. The number of amides is 2. The van der Waals surface area contributed by atoms with Gasteiger partial charge in [0.2, 0.25) is 5.91 Å². The van der Waals surface area contributed by atoms with Crippen LogP contribution in [0.15, 0.2) is 30.4 Å². The Balaban J connectivity index is 2.47. The first-order chi connectivity index (χ1) is 12.5. The molecule has 0 saturated heterocycles. The zero-order valence-electron chi connectivity index (χ0n) is 16.6. The second kappa shape index (κ2) is 7.77. The molecule has 1 aliphatic rings. The molecule has 1 N–H and O–H groups in total. The quantitative estimate of drug-likeness (QED) is 0.811. The van der Waals surface area contributed by atoms with Crippen LogP contribution in [0.4, 0.5) is 5.69 Å². The molecule has 1 aliphatic heterocycles. The highest BCUT2D eigenvalue weighted by molar-refractivity contribution is 6.00. The van der Waals surface area contributed by atoms with E-state index in [4.69, 9.17) is 4.74 Å². The van der Waals surface area contributed by atoms with Crippen LogP contribution in [0.3, 0.4) is 0 Å². The van der Waals surface area contributed by atoms with Gasteiger partial charge in [-0.2, -0.15) is 0 Å². The Bertz CT molecular complexity index is 782. The largest absolute Gasteiger partial charge is 0.455 e. The fourth-order valence-electron chi connectivity index (χ4n) is 2.65. The Morgan fingerprint density at radius 1 is 1.33 bits per heavy atom. The van der Waals surface area contributed by atoms with Crippen molar-refractivity contribution in [1.29, 1.82) is 0 Å². The van der Waals surface area contributed by atoms with Gasteiger partial charge in [-0.1, -0.05) is 0 Å². The summed E-state index contributed by atoms with van der Waals surface area (Å²) in [5.74, 6) is -1.46. The van der Waals surface area contributed by atoms with Gasteiger partial charge in [-0.25, -0.2) is 4.79 Å². The third-order valence-electron chi connectivity index (χ3n) is 3.93. The van der Waals surface area contributed by atoms with E-state index in [0.29, 0.717) is 12.2 Å². The van der Waals surface area contributed by atoms with E-state index in [1.165, 1.54) is 18.0 Å². The molecular weight excluding hydrogens is 348 g/mol. The third kappa shape index (κ3) is 4.64. The highest BCUT2D eigenvalue weighted by Gasteiger charge is 2.41. The van der Waals surface area contributed by atoms with Gasteiger partial charge in [0.05, 0.1) is 11.9 Å². The van der Waals surface area contributed by atoms with Gasteiger partial charge in [0.15, 0.2) is 6.17 Å². The average Bonchev–Trinajstić information content (AvgIpc) is 2.56. The smallest absolute Gasteiger partial charge is 0.357 e. The number of nitrogens with one attached hydrogen (secondary N) is 1. The lowest BCUT2D eigenvalue weighted by Gasteiger charge is -2.39. The van der Waals surface area contributed by atoms with E-state index in [-0.39, 0.29) is 11.6 Å². The molecule has 1 unspecified atom stereocenters. The molecule has 0 aromatic carbocycles. The molecule has 1 atom stereocenters. The van der Waals surface area contributed by atoms with Crippen molar-refractivity contribution in [3.05, 3.63) is 35.9 Å². The summed E-state index contributed by atoms with van der Waals surface area (Å²) >= 11 is 0. The zero-order chi connectivity index (χ0) is 20.4.